The second kappa shape index (κ2) is 18.6. The Morgan fingerprint density at radius 2 is 0.926 bits per heavy atom. The van der Waals surface area contributed by atoms with Gasteiger partial charge >= 0.3 is 51.4 Å². The van der Waals surface area contributed by atoms with E-state index in [-0.39, 0.29) is 51.4 Å². The molecule has 0 aromatic heterocycles. The molecule has 2 atom stereocenters. The van der Waals surface area contributed by atoms with Gasteiger partial charge in [0.25, 0.3) is 15.6 Å². The molecule has 0 radical (unpaired) electrons. The number of nitrogens with zero attached hydrogens (tertiary/aromatic N) is 1. The van der Waals surface area contributed by atoms with Crippen LogP contribution in [0.4, 0.5) is 0 Å². The van der Waals surface area contributed by atoms with Crippen molar-refractivity contribution < 1.29 is 88.9 Å². The Bertz CT molecular complexity index is 371. The Hall–Kier alpha value is 1.86. The van der Waals surface area contributed by atoms with Crippen LogP contribution in [0, 0.1) is 0 Å². The van der Waals surface area contributed by atoms with Crippen LogP contribution < -0.4 is 61.2 Å². The van der Waals surface area contributed by atoms with Crippen molar-refractivity contribution in [2.24, 2.45) is 0 Å². The summed E-state index contributed by atoms with van der Waals surface area (Å²) >= 11 is 0. The van der Waals surface area contributed by atoms with Crippen molar-refractivity contribution in [3.05, 3.63) is 0 Å². The van der Waals surface area contributed by atoms with E-state index < -0.39 is 15.6 Å². The maximum Gasteiger partial charge on any atom is 1.00 e. The molecule has 0 amide bonds. The molecule has 0 aliphatic rings. The summed E-state index contributed by atoms with van der Waals surface area (Å²) in [5, 5.41) is 0. The van der Waals surface area contributed by atoms with Crippen LogP contribution in [0.1, 0.15) is 79.1 Å². The Balaban J connectivity index is -0.000000491. The third-order valence-electron chi connectivity index (χ3n) is 4.15. The van der Waals surface area contributed by atoms with E-state index in [4.69, 9.17) is 9.79 Å². The number of hydrogen-bond acceptors (Lipinski definition) is 5. The first-order valence-electron chi connectivity index (χ1n) is 9.59. The molecule has 2 unspecified atom stereocenters. The molecule has 0 saturated carbocycles. The smallest absolute Gasteiger partial charge is 0.756 e. The zero-order valence-corrected chi connectivity index (χ0v) is 22.7. The van der Waals surface area contributed by atoms with Crippen LogP contribution in [-0.4, -0.2) is 40.4 Å². The molecule has 0 aliphatic heterocycles. The topological polar surface area (TPSA) is 130 Å². The average Bonchev–Trinajstić information content (AvgIpc) is 2.50. The Morgan fingerprint density at radius 3 is 1.04 bits per heavy atom. The van der Waals surface area contributed by atoms with Gasteiger partial charge in [0.2, 0.25) is 0 Å². The summed E-state index contributed by atoms with van der Waals surface area (Å²) in [7, 11) is -10.7. The van der Waals surface area contributed by atoms with Crippen molar-refractivity contribution >= 4 is 15.6 Å². The second-order valence-electron chi connectivity index (χ2n) is 6.67. The van der Waals surface area contributed by atoms with Crippen molar-refractivity contribution in [3.63, 3.8) is 0 Å². The largest absolute Gasteiger partial charge is 1.00 e. The molecule has 11 heteroatoms. The van der Waals surface area contributed by atoms with Gasteiger partial charge in [-0.3, -0.25) is 9.13 Å². The minimum Gasteiger partial charge on any atom is -0.756 e. The van der Waals surface area contributed by atoms with Gasteiger partial charge in [0.15, 0.2) is 0 Å². The van der Waals surface area contributed by atoms with E-state index >= 15 is 0 Å². The van der Waals surface area contributed by atoms with E-state index in [1.165, 1.54) is 82.0 Å². The molecule has 8 nitrogen and oxygen atoms in total. The summed E-state index contributed by atoms with van der Waals surface area (Å²) in [5.41, 5.74) is 0. The van der Waals surface area contributed by atoms with Crippen LogP contribution in [-0.2, 0) is 13.4 Å². The van der Waals surface area contributed by atoms with E-state index in [1.807, 2.05) is 0 Å². The Labute approximate surface area is 208 Å². The van der Waals surface area contributed by atoms with E-state index in [0.29, 0.717) is 0 Å². The van der Waals surface area contributed by atoms with E-state index in [0.717, 1.165) is 0 Å². The number of quaternary nitrogens is 1. The van der Waals surface area contributed by atoms with Crippen molar-refractivity contribution in [2.45, 2.75) is 79.1 Å². The first-order valence-corrected chi connectivity index (χ1v) is 12.6. The van der Waals surface area contributed by atoms with Crippen molar-refractivity contribution in [1.29, 1.82) is 0 Å². The quantitative estimate of drug-likeness (QED) is 0.212. The van der Waals surface area contributed by atoms with E-state index in [2.05, 4.69) is 32.0 Å². The monoisotopic (exact) mass is 457 g/mol. The third-order valence-corrected chi connectivity index (χ3v) is 5.80. The minimum absolute atomic E-state index is 0. The summed E-state index contributed by atoms with van der Waals surface area (Å²) in [6, 6.07) is 0. The first-order chi connectivity index (χ1) is 11.9. The van der Waals surface area contributed by atoms with Crippen LogP contribution >= 0.6 is 15.6 Å². The molecule has 0 aliphatic carbocycles. The van der Waals surface area contributed by atoms with Gasteiger partial charge in [-0.05, 0) is 25.7 Å². The molecule has 0 fully saturated rings. The first kappa shape index (κ1) is 33.5. The number of phosphoric acid groups is 2. The number of unbranched alkanes of at least 4 members (excludes halogenated alkanes) is 4. The molecule has 0 heterocycles. The fourth-order valence-corrected chi connectivity index (χ4v) is 3.82. The molecule has 0 bridgehead atoms. The Morgan fingerprint density at radius 1 is 0.704 bits per heavy atom. The van der Waals surface area contributed by atoms with Gasteiger partial charge in [-0.2, -0.15) is 0 Å². The van der Waals surface area contributed by atoms with Crippen molar-refractivity contribution in [1.82, 2.24) is 0 Å². The number of rotatable bonds is 14. The minimum atomic E-state index is -5.36. The maximum absolute atomic E-state index is 9.48. The summed E-state index contributed by atoms with van der Waals surface area (Å²) in [6.07, 6.45) is 11.1. The van der Waals surface area contributed by atoms with E-state index in [1.54, 1.807) is 0 Å². The van der Waals surface area contributed by atoms with Gasteiger partial charge in [-0.25, -0.2) is 4.31 Å². The van der Waals surface area contributed by atoms with Crippen LogP contribution in [0.2, 0.25) is 0 Å². The zero-order chi connectivity index (χ0) is 20.7. The molecule has 160 valence electrons. The standard InChI is InChI=1S/C16H36N.K.H4O7P2/c1-5-9-13-17(14-10-6-2,15-11-7-3)16-12-8-4;;1-8(2,3)7-9(4,5)6/h5-16H2,1-4H3;;(H2,1,2,3)(H2,4,5,6)/q2*+1;/p-2. The molecule has 0 saturated heterocycles. The predicted molar refractivity (Wildman–Crippen MR) is 100 cm³/mol. The fourth-order valence-electron chi connectivity index (χ4n) is 2.78. The fraction of sp³-hybridized carbons (Fsp3) is 1.00. The third kappa shape index (κ3) is 24.0. The summed E-state index contributed by atoms with van der Waals surface area (Å²) < 4.78 is 23.1. The molecular formula is C16H38KNO7P2. The van der Waals surface area contributed by atoms with Gasteiger partial charge in [0, 0.05) is 0 Å². The van der Waals surface area contributed by atoms with Gasteiger partial charge in [0.05, 0.1) is 26.2 Å². The summed E-state index contributed by atoms with van der Waals surface area (Å²) in [5.74, 6) is 0. The van der Waals surface area contributed by atoms with Crippen molar-refractivity contribution in [3.8, 4) is 0 Å². The second-order valence-corrected chi connectivity index (χ2v) is 9.20. The zero-order valence-electron chi connectivity index (χ0n) is 17.8. The molecule has 0 aromatic carbocycles. The van der Waals surface area contributed by atoms with Crippen LogP contribution in [0.3, 0.4) is 0 Å². The molecule has 27 heavy (non-hydrogen) atoms. The van der Waals surface area contributed by atoms with Crippen LogP contribution in [0.15, 0.2) is 0 Å². The molecular weight excluding hydrogens is 419 g/mol. The molecule has 2 N–H and O–H groups in total. The molecule has 0 aromatic rings. The van der Waals surface area contributed by atoms with Gasteiger partial charge < -0.3 is 24.1 Å². The maximum atomic E-state index is 9.48. The number of hydrogen-bond donors (Lipinski definition) is 2. The molecule has 0 spiro atoms. The van der Waals surface area contributed by atoms with E-state index in [9.17, 15) is 18.9 Å². The average molecular weight is 458 g/mol. The van der Waals surface area contributed by atoms with Gasteiger partial charge in [0.1, 0.15) is 0 Å². The molecule has 0 rings (SSSR count). The van der Waals surface area contributed by atoms with Gasteiger partial charge in [-0.15, -0.1) is 0 Å². The SMILES string of the molecule is CCCC[N+](CCCC)(CCCC)CCCC.O=P([O-])(O)OP(=O)([O-])O.[K+]. The normalized spacial score (nSPS) is 15.7. The van der Waals surface area contributed by atoms with Crippen LogP contribution in [0.25, 0.3) is 0 Å². The predicted octanol–water partition coefficient (Wildman–Crippen LogP) is -0.0680. The van der Waals surface area contributed by atoms with Crippen molar-refractivity contribution in [2.75, 3.05) is 26.2 Å². The van der Waals surface area contributed by atoms with Gasteiger partial charge in [-0.1, -0.05) is 53.4 Å². The van der Waals surface area contributed by atoms with Crippen LogP contribution in [0.5, 0.6) is 0 Å². The summed E-state index contributed by atoms with van der Waals surface area (Å²) in [4.78, 5) is 34.1. The summed E-state index contributed by atoms with van der Waals surface area (Å²) in [6.45, 7) is 15.0. The Kier molecular flexibility index (Phi) is 23.1.